The fraction of sp³-hybridized carbons (Fsp3) is 0.538. The molecule has 0 saturated heterocycles. The molecular weight excluding hydrogens is 302 g/mol. The zero-order valence-electron chi connectivity index (χ0n) is 10.5. The molecule has 17 heavy (non-hydrogen) atoms. The number of hydrogen-bond donors (Lipinski definition) is 0. The number of para-hydroxylation sites is 1. The van der Waals surface area contributed by atoms with Crippen molar-refractivity contribution in [3.8, 4) is 0 Å². The molecular formula is C13H19BrClNO. The normalized spacial score (nSPS) is 12.5. The summed E-state index contributed by atoms with van der Waals surface area (Å²) in [6.45, 7) is 5.89. The van der Waals surface area contributed by atoms with Crippen LogP contribution in [0.5, 0.6) is 0 Å². The highest BCUT2D eigenvalue weighted by molar-refractivity contribution is 9.08. The fourth-order valence-corrected chi connectivity index (χ4v) is 2.77. The predicted molar refractivity (Wildman–Crippen MR) is 78.4 cm³/mol. The van der Waals surface area contributed by atoms with E-state index < -0.39 is 0 Å². The lowest BCUT2D eigenvalue weighted by molar-refractivity contribution is 0.182. The summed E-state index contributed by atoms with van der Waals surface area (Å²) in [5.41, 5.74) is 2.32. The van der Waals surface area contributed by atoms with Gasteiger partial charge in [-0.25, -0.2) is 0 Å². The monoisotopic (exact) mass is 319 g/mol. The molecule has 0 heterocycles. The number of hydrogen-bond acceptors (Lipinski definition) is 2. The van der Waals surface area contributed by atoms with Crippen molar-refractivity contribution in [3.63, 3.8) is 0 Å². The maximum atomic E-state index is 6.32. The lowest BCUT2D eigenvalue weighted by Gasteiger charge is -2.32. The van der Waals surface area contributed by atoms with Gasteiger partial charge >= 0.3 is 0 Å². The molecule has 0 aliphatic rings. The lowest BCUT2D eigenvalue weighted by atomic mass is 10.1. The number of benzene rings is 1. The van der Waals surface area contributed by atoms with E-state index in [0.717, 1.165) is 22.6 Å². The first-order valence-corrected chi connectivity index (χ1v) is 7.24. The van der Waals surface area contributed by atoms with Gasteiger partial charge in [0.05, 0.1) is 17.3 Å². The third kappa shape index (κ3) is 3.60. The first-order chi connectivity index (χ1) is 8.15. The van der Waals surface area contributed by atoms with Crippen LogP contribution in [-0.2, 0) is 10.1 Å². The average molecular weight is 321 g/mol. The quantitative estimate of drug-likeness (QED) is 0.732. The minimum atomic E-state index is 0.308. The molecule has 0 saturated carbocycles. The zero-order chi connectivity index (χ0) is 12.8. The molecule has 0 aromatic heterocycles. The molecule has 1 aromatic carbocycles. The molecule has 0 aliphatic carbocycles. The van der Waals surface area contributed by atoms with Crippen molar-refractivity contribution in [3.05, 3.63) is 28.8 Å². The summed E-state index contributed by atoms with van der Waals surface area (Å²) in [5.74, 6) is 0. The van der Waals surface area contributed by atoms with Crippen molar-refractivity contribution < 1.29 is 4.74 Å². The number of anilines is 1. The van der Waals surface area contributed by atoms with Gasteiger partial charge in [-0.2, -0.15) is 0 Å². The molecule has 0 N–H and O–H groups in total. The Morgan fingerprint density at radius 2 is 2.18 bits per heavy atom. The number of alkyl halides is 1. The van der Waals surface area contributed by atoms with Gasteiger partial charge in [0.1, 0.15) is 0 Å². The summed E-state index contributed by atoms with van der Waals surface area (Å²) in [5, 5.41) is 1.60. The van der Waals surface area contributed by atoms with Gasteiger partial charge in [0.25, 0.3) is 0 Å². The van der Waals surface area contributed by atoms with Crippen LogP contribution in [0.1, 0.15) is 19.4 Å². The molecule has 0 amide bonds. The number of ether oxygens (including phenoxy) is 1. The molecule has 0 aliphatic heterocycles. The minimum absolute atomic E-state index is 0.308. The largest absolute Gasteiger partial charge is 0.383 e. The third-order valence-corrected chi connectivity index (χ3v) is 3.69. The van der Waals surface area contributed by atoms with Crippen LogP contribution in [0.4, 0.5) is 5.69 Å². The molecule has 1 unspecified atom stereocenters. The average Bonchev–Trinajstić information content (AvgIpc) is 2.32. The van der Waals surface area contributed by atoms with E-state index >= 15 is 0 Å². The van der Waals surface area contributed by atoms with E-state index in [1.54, 1.807) is 7.11 Å². The first kappa shape index (κ1) is 14.8. The topological polar surface area (TPSA) is 12.5 Å². The maximum absolute atomic E-state index is 6.32. The van der Waals surface area contributed by atoms with Gasteiger partial charge in [-0.05, 0) is 25.5 Å². The Hall–Kier alpha value is -0.250. The Kier molecular flexibility index (Phi) is 6.31. The van der Waals surface area contributed by atoms with Crippen LogP contribution < -0.4 is 4.90 Å². The van der Waals surface area contributed by atoms with E-state index in [4.69, 9.17) is 16.3 Å². The van der Waals surface area contributed by atoms with Gasteiger partial charge in [-0.1, -0.05) is 39.7 Å². The number of methoxy groups -OCH3 is 1. The fourth-order valence-electron chi connectivity index (χ4n) is 2.01. The van der Waals surface area contributed by atoms with Crippen LogP contribution in [0.3, 0.4) is 0 Å². The second-order valence-corrected chi connectivity index (χ2v) is 4.94. The van der Waals surface area contributed by atoms with Crippen LogP contribution >= 0.6 is 27.5 Å². The van der Waals surface area contributed by atoms with Crippen LogP contribution in [-0.4, -0.2) is 26.3 Å². The van der Waals surface area contributed by atoms with E-state index in [2.05, 4.69) is 40.7 Å². The number of rotatable bonds is 6. The van der Waals surface area contributed by atoms with Gasteiger partial charge < -0.3 is 9.64 Å². The molecule has 1 rings (SSSR count). The van der Waals surface area contributed by atoms with Crippen molar-refractivity contribution in [1.82, 2.24) is 0 Å². The molecule has 0 bridgehead atoms. The zero-order valence-corrected chi connectivity index (χ0v) is 12.9. The van der Waals surface area contributed by atoms with Crippen molar-refractivity contribution in [1.29, 1.82) is 0 Å². The summed E-state index contributed by atoms with van der Waals surface area (Å²) in [6, 6.07) is 6.32. The molecule has 4 heteroatoms. The molecule has 96 valence electrons. The van der Waals surface area contributed by atoms with E-state index in [0.29, 0.717) is 12.6 Å². The lowest BCUT2D eigenvalue weighted by Crippen LogP contribution is -2.36. The number of halogens is 2. The summed E-state index contributed by atoms with van der Waals surface area (Å²) < 4.78 is 5.22. The van der Waals surface area contributed by atoms with Gasteiger partial charge in [-0.3, -0.25) is 0 Å². The second-order valence-electron chi connectivity index (χ2n) is 3.97. The molecule has 1 atom stereocenters. The van der Waals surface area contributed by atoms with Crippen LogP contribution in [0, 0.1) is 0 Å². The molecule has 0 fully saturated rings. The maximum Gasteiger partial charge on any atom is 0.0663 e. The smallest absolute Gasteiger partial charge is 0.0663 e. The summed E-state index contributed by atoms with van der Waals surface area (Å²) >= 11 is 9.83. The second kappa shape index (κ2) is 7.24. The van der Waals surface area contributed by atoms with Crippen molar-refractivity contribution >= 4 is 33.2 Å². The van der Waals surface area contributed by atoms with Crippen molar-refractivity contribution in [2.24, 2.45) is 0 Å². The van der Waals surface area contributed by atoms with E-state index in [1.165, 1.54) is 5.56 Å². The summed E-state index contributed by atoms with van der Waals surface area (Å²) in [4.78, 5) is 2.28. The van der Waals surface area contributed by atoms with Gasteiger partial charge in [0.2, 0.25) is 0 Å². The minimum Gasteiger partial charge on any atom is -0.383 e. The molecule has 0 radical (unpaired) electrons. The Morgan fingerprint density at radius 1 is 1.47 bits per heavy atom. The van der Waals surface area contributed by atoms with Crippen molar-refractivity contribution in [2.45, 2.75) is 25.2 Å². The standard InChI is InChI=1S/C13H19BrClNO/c1-4-16(10(2)9-17-3)13-11(8-14)6-5-7-12(13)15/h5-7,10H,4,8-9H2,1-3H3. The van der Waals surface area contributed by atoms with Gasteiger partial charge in [0.15, 0.2) is 0 Å². The Labute approximate surface area is 117 Å². The van der Waals surface area contributed by atoms with Crippen LogP contribution in [0.15, 0.2) is 18.2 Å². The Bertz CT molecular complexity index is 359. The van der Waals surface area contributed by atoms with Crippen LogP contribution in [0.25, 0.3) is 0 Å². The Morgan fingerprint density at radius 3 is 2.71 bits per heavy atom. The third-order valence-electron chi connectivity index (χ3n) is 2.78. The SMILES string of the molecule is CCN(c1c(Cl)cccc1CBr)C(C)COC. The van der Waals surface area contributed by atoms with E-state index in [9.17, 15) is 0 Å². The molecule has 2 nitrogen and oxygen atoms in total. The first-order valence-electron chi connectivity index (χ1n) is 5.74. The highest BCUT2D eigenvalue weighted by Crippen LogP contribution is 2.32. The molecule has 0 spiro atoms. The number of nitrogens with zero attached hydrogens (tertiary/aromatic N) is 1. The summed E-state index contributed by atoms with van der Waals surface area (Å²) in [7, 11) is 1.72. The van der Waals surface area contributed by atoms with E-state index in [1.807, 2.05) is 12.1 Å². The van der Waals surface area contributed by atoms with Crippen molar-refractivity contribution in [2.75, 3.05) is 25.2 Å². The summed E-state index contributed by atoms with van der Waals surface area (Å²) in [6.07, 6.45) is 0. The molecule has 1 aromatic rings. The number of likely N-dealkylation sites (N-methyl/N-ethyl adjacent to an activating group) is 1. The highest BCUT2D eigenvalue weighted by atomic mass is 79.9. The van der Waals surface area contributed by atoms with Gasteiger partial charge in [0, 0.05) is 25.0 Å². The van der Waals surface area contributed by atoms with Gasteiger partial charge in [-0.15, -0.1) is 0 Å². The Balaban J connectivity index is 3.10. The highest BCUT2D eigenvalue weighted by Gasteiger charge is 2.18. The predicted octanol–water partition coefficient (Wildman–Crippen LogP) is 4.10. The van der Waals surface area contributed by atoms with E-state index in [-0.39, 0.29) is 0 Å². The van der Waals surface area contributed by atoms with Crippen LogP contribution in [0.2, 0.25) is 5.02 Å².